The van der Waals surface area contributed by atoms with Gasteiger partial charge in [0.25, 0.3) is 0 Å². The Morgan fingerprint density at radius 3 is 2.00 bits per heavy atom. The van der Waals surface area contributed by atoms with Gasteiger partial charge in [0.2, 0.25) is 5.91 Å². The lowest BCUT2D eigenvalue weighted by Gasteiger charge is -2.37. The Morgan fingerprint density at radius 2 is 1.50 bits per heavy atom. The fourth-order valence-corrected chi connectivity index (χ4v) is 3.44. The molecule has 0 aromatic carbocycles. The Morgan fingerprint density at radius 1 is 1.00 bits per heavy atom. The van der Waals surface area contributed by atoms with Crippen molar-refractivity contribution in [1.29, 1.82) is 0 Å². The Bertz CT molecular complexity index is 356. The molecule has 2 rings (SSSR count). The minimum Gasteiger partial charge on any atom is -0.481 e. The molecule has 1 aliphatic heterocycles. The highest BCUT2D eigenvalue weighted by Crippen LogP contribution is 2.31. The first kappa shape index (κ1) is 15.3. The molecule has 0 radical (unpaired) electrons. The smallest absolute Gasteiger partial charge is 0.306 e. The van der Waals surface area contributed by atoms with E-state index in [-0.39, 0.29) is 17.7 Å². The number of carbonyl (C=O) groups is 2. The maximum atomic E-state index is 12.5. The molecule has 114 valence electrons. The summed E-state index contributed by atoms with van der Waals surface area (Å²) >= 11 is 0. The fraction of sp³-hybridized carbons (Fsp3) is 0.867. The second-order valence-corrected chi connectivity index (χ2v) is 6.37. The Balaban J connectivity index is 1.84. The minimum atomic E-state index is -0.709. The number of nitrogens with zero attached hydrogens (tertiary/aromatic N) is 2. The minimum absolute atomic E-state index is 0.0373. The molecule has 0 spiro atoms. The molecule has 0 unspecified atom stereocenters. The van der Waals surface area contributed by atoms with Gasteiger partial charge < -0.3 is 14.9 Å². The Labute approximate surface area is 120 Å². The third-order valence-corrected chi connectivity index (χ3v) is 5.01. The molecule has 0 aromatic rings. The molecular formula is C15H26N2O3. The van der Waals surface area contributed by atoms with Gasteiger partial charge in [-0.15, -0.1) is 0 Å². The highest BCUT2D eigenvalue weighted by Gasteiger charge is 2.33. The third-order valence-electron chi connectivity index (χ3n) is 5.01. The molecule has 0 atom stereocenters. The molecule has 2 aliphatic rings. The van der Waals surface area contributed by atoms with Gasteiger partial charge in [-0.2, -0.15) is 0 Å². The van der Waals surface area contributed by atoms with Crippen LogP contribution in [0.15, 0.2) is 0 Å². The van der Waals surface area contributed by atoms with Crippen LogP contribution in [0.4, 0.5) is 0 Å². The van der Waals surface area contributed by atoms with E-state index >= 15 is 0 Å². The van der Waals surface area contributed by atoms with E-state index in [1.807, 2.05) is 11.9 Å². The molecular weight excluding hydrogens is 256 g/mol. The Kier molecular flexibility index (Phi) is 5.02. The number of hydrogen-bond donors (Lipinski definition) is 1. The molecule has 1 heterocycles. The molecule has 5 nitrogen and oxygen atoms in total. The zero-order valence-corrected chi connectivity index (χ0v) is 12.5. The Hall–Kier alpha value is -1.10. The van der Waals surface area contributed by atoms with Crippen molar-refractivity contribution in [3.63, 3.8) is 0 Å². The first-order valence-electron chi connectivity index (χ1n) is 7.67. The van der Waals surface area contributed by atoms with Gasteiger partial charge in [0.15, 0.2) is 0 Å². The van der Waals surface area contributed by atoms with Crippen LogP contribution in [0.5, 0.6) is 0 Å². The van der Waals surface area contributed by atoms with Crippen LogP contribution in [0.2, 0.25) is 0 Å². The summed E-state index contributed by atoms with van der Waals surface area (Å²) in [5.41, 5.74) is 0. The van der Waals surface area contributed by atoms with E-state index in [0.717, 1.165) is 38.8 Å². The summed E-state index contributed by atoms with van der Waals surface area (Å²) in [7, 11) is 4.03. The van der Waals surface area contributed by atoms with Gasteiger partial charge in [0.05, 0.1) is 5.92 Å². The van der Waals surface area contributed by atoms with Crippen molar-refractivity contribution in [2.75, 3.05) is 27.2 Å². The number of rotatable bonds is 3. The lowest BCUT2D eigenvalue weighted by atomic mass is 9.81. The van der Waals surface area contributed by atoms with E-state index in [1.54, 1.807) is 0 Å². The quantitative estimate of drug-likeness (QED) is 0.850. The summed E-state index contributed by atoms with van der Waals surface area (Å²) in [6.45, 7) is 2.10. The number of carboxylic acid groups (broad SMARTS) is 1. The van der Waals surface area contributed by atoms with Gasteiger partial charge in [0, 0.05) is 19.0 Å². The van der Waals surface area contributed by atoms with E-state index in [2.05, 4.69) is 11.9 Å². The van der Waals surface area contributed by atoms with Crippen LogP contribution in [0.25, 0.3) is 0 Å². The molecule has 1 amide bonds. The largest absolute Gasteiger partial charge is 0.481 e. The van der Waals surface area contributed by atoms with E-state index in [9.17, 15) is 9.59 Å². The number of carboxylic acids is 1. The van der Waals surface area contributed by atoms with E-state index in [0.29, 0.717) is 18.9 Å². The maximum Gasteiger partial charge on any atom is 0.306 e. The van der Waals surface area contributed by atoms with Gasteiger partial charge in [-0.1, -0.05) is 0 Å². The molecule has 2 fully saturated rings. The van der Waals surface area contributed by atoms with Crippen LogP contribution in [-0.2, 0) is 9.59 Å². The standard InChI is InChI=1S/C15H26N2O3/c1-16-9-7-13(8-10-16)17(2)14(18)11-3-5-12(6-4-11)15(19)20/h11-13H,3-10H2,1-2H3,(H,19,20). The summed E-state index contributed by atoms with van der Waals surface area (Å²) in [6, 6.07) is 0.357. The van der Waals surface area contributed by atoms with Gasteiger partial charge in [-0.05, 0) is 58.7 Å². The average Bonchev–Trinajstić information content (AvgIpc) is 2.46. The van der Waals surface area contributed by atoms with Crippen molar-refractivity contribution >= 4 is 11.9 Å². The van der Waals surface area contributed by atoms with Gasteiger partial charge in [-0.3, -0.25) is 9.59 Å². The maximum absolute atomic E-state index is 12.5. The van der Waals surface area contributed by atoms with Crippen LogP contribution in [-0.4, -0.2) is 60.0 Å². The molecule has 1 saturated heterocycles. The second kappa shape index (κ2) is 6.57. The lowest BCUT2D eigenvalue weighted by molar-refractivity contribution is -0.146. The van der Waals surface area contributed by atoms with Crippen LogP contribution >= 0.6 is 0 Å². The molecule has 0 bridgehead atoms. The van der Waals surface area contributed by atoms with E-state index in [1.165, 1.54) is 0 Å². The number of aliphatic carboxylic acids is 1. The van der Waals surface area contributed by atoms with Crippen LogP contribution < -0.4 is 0 Å². The van der Waals surface area contributed by atoms with E-state index in [4.69, 9.17) is 5.11 Å². The summed E-state index contributed by atoms with van der Waals surface area (Å²) in [4.78, 5) is 27.7. The van der Waals surface area contributed by atoms with E-state index < -0.39 is 5.97 Å². The number of piperidine rings is 1. The van der Waals surface area contributed by atoms with Crippen molar-refractivity contribution in [3.05, 3.63) is 0 Å². The monoisotopic (exact) mass is 282 g/mol. The van der Waals surface area contributed by atoms with Gasteiger partial charge >= 0.3 is 5.97 Å². The van der Waals surface area contributed by atoms with Crippen molar-refractivity contribution in [1.82, 2.24) is 9.80 Å². The van der Waals surface area contributed by atoms with Crippen LogP contribution in [0.3, 0.4) is 0 Å². The number of amides is 1. The molecule has 1 N–H and O–H groups in total. The topological polar surface area (TPSA) is 60.9 Å². The van der Waals surface area contributed by atoms with Gasteiger partial charge in [0.1, 0.15) is 0 Å². The summed E-state index contributed by atoms with van der Waals surface area (Å²) < 4.78 is 0. The third kappa shape index (κ3) is 3.51. The summed E-state index contributed by atoms with van der Waals surface area (Å²) in [5, 5.41) is 9.00. The first-order valence-corrected chi connectivity index (χ1v) is 7.67. The van der Waals surface area contributed by atoms with Crippen molar-refractivity contribution in [2.24, 2.45) is 11.8 Å². The molecule has 0 aromatic heterocycles. The highest BCUT2D eigenvalue weighted by atomic mass is 16.4. The predicted molar refractivity (Wildman–Crippen MR) is 76.4 cm³/mol. The SMILES string of the molecule is CN1CCC(N(C)C(=O)C2CCC(C(=O)O)CC2)CC1. The highest BCUT2D eigenvalue weighted by molar-refractivity contribution is 5.79. The normalized spacial score (nSPS) is 29.1. The first-order chi connectivity index (χ1) is 9.49. The molecule has 20 heavy (non-hydrogen) atoms. The molecule has 1 aliphatic carbocycles. The number of carbonyl (C=O) groups excluding carboxylic acids is 1. The van der Waals surface area contributed by atoms with Crippen LogP contribution in [0.1, 0.15) is 38.5 Å². The number of hydrogen-bond acceptors (Lipinski definition) is 3. The lowest BCUT2D eigenvalue weighted by Crippen LogP contribution is -2.47. The second-order valence-electron chi connectivity index (χ2n) is 6.37. The van der Waals surface area contributed by atoms with Crippen LogP contribution in [0, 0.1) is 11.8 Å². The molecule has 5 heteroatoms. The molecule has 1 saturated carbocycles. The van der Waals surface area contributed by atoms with Crippen molar-refractivity contribution in [3.8, 4) is 0 Å². The zero-order chi connectivity index (χ0) is 14.7. The summed E-state index contributed by atoms with van der Waals surface area (Å²) in [6.07, 6.45) is 4.84. The summed E-state index contributed by atoms with van der Waals surface area (Å²) in [5.74, 6) is -0.689. The fourth-order valence-electron chi connectivity index (χ4n) is 3.44. The predicted octanol–water partition coefficient (Wildman–Crippen LogP) is 1.43. The van der Waals surface area contributed by atoms with Gasteiger partial charge in [-0.25, -0.2) is 0 Å². The zero-order valence-electron chi connectivity index (χ0n) is 12.5. The number of likely N-dealkylation sites (tertiary alicyclic amines) is 1. The van der Waals surface area contributed by atoms with Crippen molar-refractivity contribution < 1.29 is 14.7 Å². The van der Waals surface area contributed by atoms with Crippen molar-refractivity contribution in [2.45, 2.75) is 44.6 Å². The average molecular weight is 282 g/mol.